The van der Waals surface area contributed by atoms with E-state index in [0.29, 0.717) is 35.4 Å². The van der Waals surface area contributed by atoms with Gasteiger partial charge in [-0.1, -0.05) is 23.1 Å². The molecule has 8 heteroatoms. The van der Waals surface area contributed by atoms with Crippen molar-refractivity contribution in [3.8, 4) is 11.8 Å². The van der Waals surface area contributed by atoms with Crippen LogP contribution >= 0.6 is 0 Å². The van der Waals surface area contributed by atoms with E-state index in [0.717, 1.165) is 0 Å². The van der Waals surface area contributed by atoms with Gasteiger partial charge in [0, 0.05) is 29.9 Å². The predicted octanol–water partition coefficient (Wildman–Crippen LogP) is 2.77. The summed E-state index contributed by atoms with van der Waals surface area (Å²) in [5.74, 6) is 5.62. The zero-order chi connectivity index (χ0) is 21.8. The van der Waals surface area contributed by atoms with E-state index in [4.69, 9.17) is 9.26 Å². The van der Waals surface area contributed by atoms with Crippen LogP contribution < -0.4 is 5.56 Å². The molecule has 0 radical (unpaired) electrons. The largest absolute Gasteiger partial charge is 0.462 e. The minimum atomic E-state index is -1.18. The lowest BCUT2D eigenvalue weighted by atomic mass is 10.1. The summed E-state index contributed by atoms with van der Waals surface area (Å²) in [4.78, 5) is 28.5. The number of rotatable bonds is 6. The first kappa shape index (κ1) is 21.1. The maximum absolute atomic E-state index is 12.9. The Kier molecular flexibility index (Phi) is 6.23. The summed E-state index contributed by atoms with van der Waals surface area (Å²) in [5.41, 5.74) is 1.46. The molecule has 3 rings (SSSR count). The number of ether oxygens (including phenoxy) is 1. The summed E-state index contributed by atoms with van der Waals surface area (Å²) in [5, 5.41) is 14.5. The molecule has 0 bridgehead atoms. The molecule has 8 nitrogen and oxygen atoms in total. The second-order valence-electron chi connectivity index (χ2n) is 6.75. The summed E-state index contributed by atoms with van der Waals surface area (Å²) in [6.07, 6.45) is 2.70. The minimum absolute atomic E-state index is 0.201. The van der Waals surface area contributed by atoms with Crippen LogP contribution in [0.25, 0.3) is 10.9 Å². The third-order valence-corrected chi connectivity index (χ3v) is 4.54. The van der Waals surface area contributed by atoms with Crippen LogP contribution in [-0.4, -0.2) is 32.4 Å². The summed E-state index contributed by atoms with van der Waals surface area (Å²) < 4.78 is 11.6. The van der Waals surface area contributed by atoms with Gasteiger partial charge in [0.2, 0.25) is 0 Å². The van der Waals surface area contributed by atoms with Crippen LogP contribution in [0.2, 0.25) is 0 Å². The summed E-state index contributed by atoms with van der Waals surface area (Å²) in [6, 6.07) is 1.59. The Morgan fingerprint density at radius 3 is 2.90 bits per heavy atom. The number of aromatic nitrogens is 3. The number of pyridine rings is 1. The third kappa shape index (κ3) is 4.07. The van der Waals surface area contributed by atoms with Gasteiger partial charge < -0.3 is 23.9 Å². The Labute approximate surface area is 173 Å². The molecular formula is C22H23N3O5. The first-order chi connectivity index (χ1) is 14.4. The van der Waals surface area contributed by atoms with E-state index in [9.17, 15) is 14.7 Å². The fraction of sp³-hybridized carbons (Fsp3) is 0.318. The standard InChI is InChI=1S/C22H23N3O5/c1-5-7-10-25-12-15(8-9-17(26)16-11-13(3)30-24-16)19-18(22(28)29-6-2)14(4)23-20(19)21(25)27/h5,11-12,17,23,26H,1,6-7,10H2,2-4H3/t17-/m0/s1. The van der Waals surface area contributed by atoms with Crippen molar-refractivity contribution >= 4 is 16.9 Å². The van der Waals surface area contributed by atoms with Gasteiger partial charge >= 0.3 is 5.97 Å². The van der Waals surface area contributed by atoms with Gasteiger partial charge in [0.15, 0.2) is 6.10 Å². The lowest BCUT2D eigenvalue weighted by Gasteiger charge is -2.08. The number of aliphatic hydroxyl groups is 1. The van der Waals surface area contributed by atoms with Crippen molar-refractivity contribution in [1.29, 1.82) is 0 Å². The minimum Gasteiger partial charge on any atom is -0.462 e. The molecule has 0 spiro atoms. The number of H-pyrrole nitrogens is 1. The smallest absolute Gasteiger partial charge is 0.340 e. The fourth-order valence-electron chi connectivity index (χ4n) is 3.16. The predicted molar refractivity (Wildman–Crippen MR) is 111 cm³/mol. The summed E-state index contributed by atoms with van der Waals surface area (Å²) >= 11 is 0. The van der Waals surface area contributed by atoms with Gasteiger partial charge in [0.05, 0.1) is 17.7 Å². The van der Waals surface area contributed by atoms with Crippen LogP contribution in [0, 0.1) is 25.7 Å². The molecule has 3 aromatic rings. The Morgan fingerprint density at radius 2 is 2.27 bits per heavy atom. The number of nitrogens with one attached hydrogen (secondary N) is 1. The number of nitrogens with zero attached hydrogens (tertiary/aromatic N) is 2. The lowest BCUT2D eigenvalue weighted by Crippen LogP contribution is -2.21. The average Bonchev–Trinajstić information content (AvgIpc) is 3.30. The molecule has 0 aliphatic carbocycles. The molecule has 0 aliphatic heterocycles. The number of hydrogen-bond acceptors (Lipinski definition) is 6. The van der Waals surface area contributed by atoms with E-state index in [-0.39, 0.29) is 28.9 Å². The number of aliphatic hydroxyl groups excluding tert-OH is 1. The summed E-state index contributed by atoms with van der Waals surface area (Å²) in [6.45, 7) is 9.41. The number of aromatic amines is 1. The van der Waals surface area contributed by atoms with Crippen LogP contribution in [0.3, 0.4) is 0 Å². The van der Waals surface area contributed by atoms with Crippen LogP contribution in [0.4, 0.5) is 0 Å². The molecule has 3 heterocycles. The number of esters is 1. The maximum Gasteiger partial charge on any atom is 0.340 e. The van der Waals surface area contributed by atoms with Gasteiger partial charge in [0.1, 0.15) is 17.0 Å². The van der Waals surface area contributed by atoms with E-state index in [1.807, 2.05) is 0 Å². The highest BCUT2D eigenvalue weighted by atomic mass is 16.5. The number of fused-ring (bicyclic) bond motifs is 1. The maximum atomic E-state index is 12.9. The van der Waals surface area contributed by atoms with Gasteiger partial charge in [-0.15, -0.1) is 6.58 Å². The molecule has 0 aliphatic rings. The molecular weight excluding hydrogens is 386 g/mol. The SMILES string of the molecule is C=CCCn1cc(C#C[C@H](O)c2cc(C)on2)c2c(C(=O)OCC)c(C)[nH]c2c1=O. The van der Waals surface area contributed by atoms with E-state index in [1.54, 1.807) is 39.1 Å². The zero-order valence-corrected chi connectivity index (χ0v) is 17.1. The van der Waals surface area contributed by atoms with Crippen LogP contribution in [0.5, 0.6) is 0 Å². The second-order valence-corrected chi connectivity index (χ2v) is 6.75. The second kappa shape index (κ2) is 8.84. The van der Waals surface area contributed by atoms with Gasteiger partial charge in [0.25, 0.3) is 5.56 Å². The van der Waals surface area contributed by atoms with Crippen molar-refractivity contribution < 1.29 is 19.2 Å². The quantitative estimate of drug-likeness (QED) is 0.368. The lowest BCUT2D eigenvalue weighted by molar-refractivity contribution is 0.0528. The topological polar surface area (TPSA) is 110 Å². The van der Waals surface area contributed by atoms with Crippen LogP contribution in [-0.2, 0) is 11.3 Å². The Hall–Kier alpha value is -3.57. The van der Waals surface area contributed by atoms with Gasteiger partial charge in [-0.05, 0) is 27.2 Å². The van der Waals surface area contributed by atoms with Gasteiger partial charge in [-0.2, -0.15) is 0 Å². The number of carbonyl (C=O) groups is 1. The van der Waals surface area contributed by atoms with E-state index < -0.39 is 12.1 Å². The first-order valence-corrected chi connectivity index (χ1v) is 9.53. The molecule has 3 aromatic heterocycles. The molecule has 30 heavy (non-hydrogen) atoms. The van der Waals surface area contributed by atoms with Crippen molar-refractivity contribution in [2.75, 3.05) is 6.61 Å². The highest BCUT2D eigenvalue weighted by molar-refractivity contribution is 6.07. The average molecular weight is 409 g/mol. The molecule has 0 aromatic carbocycles. The molecule has 0 unspecified atom stereocenters. The monoisotopic (exact) mass is 409 g/mol. The zero-order valence-electron chi connectivity index (χ0n) is 17.1. The molecule has 2 N–H and O–H groups in total. The van der Waals surface area contributed by atoms with Crippen LogP contribution in [0.15, 0.2) is 34.2 Å². The fourth-order valence-corrected chi connectivity index (χ4v) is 3.16. The normalized spacial score (nSPS) is 11.7. The third-order valence-electron chi connectivity index (χ3n) is 4.54. The van der Waals surface area contributed by atoms with Crippen molar-refractivity contribution in [3.05, 3.63) is 63.5 Å². The van der Waals surface area contributed by atoms with Gasteiger partial charge in [-0.3, -0.25) is 4.79 Å². The Morgan fingerprint density at radius 1 is 1.50 bits per heavy atom. The number of aryl methyl sites for hydroxylation is 3. The van der Waals surface area contributed by atoms with E-state index >= 15 is 0 Å². The van der Waals surface area contributed by atoms with Crippen molar-refractivity contribution in [1.82, 2.24) is 14.7 Å². The Bertz CT molecular complexity index is 1220. The van der Waals surface area contributed by atoms with Gasteiger partial charge in [-0.25, -0.2) is 4.79 Å². The molecule has 0 saturated carbocycles. The highest BCUT2D eigenvalue weighted by Gasteiger charge is 2.22. The number of allylic oxidation sites excluding steroid dienone is 1. The van der Waals surface area contributed by atoms with Crippen molar-refractivity contribution in [2.24, 2.45) is 0 Å². The van der Waals surface area contributed by atoms with Crippen LogP contribution in [0.1, 0.15) is 52.5 Å². The molecule has 0 amide bonds. The van der Waals surface area contributed by atoms with E-state index in [2.05, 4.69) is 28.6 Å². The number of hydrogen-bond donors (Lipinski definition) is 2. The van der Waals surface area contributed by atoms with Crippen molar-refractivity contribution in [2.45, 2.75) is 39.8 Å². The van der Waals surface area contributed by atoms with E-state index in [1.165, 1.54) is 4.57 Å². The first-order valence-electron chi connectivity index (χ1n) is 9.53. The molecule has 156 valence electrons. The molecule has 0 saturated heterocycles. The molecule has 1 atom stereocenters. The summed E-state index contributed by atoms with van der Waals surface area (Å²) in [7, 11) is 0. The Balaban J connectivity index is 2.20. The molecule has 0 fully saturated rings. The highest BCUT2D eigenvalue weighted by Crippen LogP contribution is 2.25. The number of carbonyl (C=O) groups excluding carboxylic acids is 1. The van der Waals surface area contributed by atoms with Crippen molar-refractivity contribution in [3.63, 3.8) is 0 Å².